The van der Waals surface area contributed by atoms with E-state index < -0.39 is 6.10 Å². The van der Waals surface area contributed by atoms with Gasteiger partial charge in [0, 0.05) is 30.1 Å². The average molecular weight is 384 g/mol. The maximum absolute atomic E-state index is 12.1. The lowest BCUT2D eigenvalue weighted by Gasteiger charge is -2.40. The van der Waals surface area contributed by atoms with Gasteiger partial charge in [0.1, 0.15) is 25.0 Å². The first-order chi connectivity index (χ1) is 13.4. The minimum absolute atomic E-state index is 0.118. The van der Waals surface area contributed by atoms with E-state index in [4.69, 9.17) is 4.74 Å². The van der Waals surface area contributed by atoms with Crippen LogP contribution in [-0.2, 0) is 6.54 Å². The Balaban J connectivity index is 1.37. The van der Waals surface area contributed by atoms with Gasteiger partial charge in [0.2, 0.25) is 0 Å². The van der Waals surface area contributed by atoms with Gasteiger partial charge in [-0.25, -0.2) is 0 Å². The molecule has 3 heterocycles. The Morgan fingerprint density at radius 1 is 1.21 bits per heavy atom. The molecule has 2 N–H and O–H groups in total. The van der Waals surface area contributed by atoms with Gasteiger partial charge in [0.25, 0.3) is 5.56 Å². The molecular formula is C23H31N2O3+. The number of benzene rings is 1. The van der Waals surface area contributed by atoms with Crippen molar-refractivity contribution < 1.29 is 14.7 Å². The monoisotopic (exact) mass is 383 g/mol. The van der Waals surface area contributed by atoms with Gasteiger partial charge in [0.05, 0.1) is 13.1 Å². The molecule has 2 aliphatic rings. The Morgan fingerprint density at radius 2 is 1.96 bits per heavy atom. The number of aromatic nitrogens is 1. The summed E-state index contributed by atoms with van der Waals surface area (Å²) in [5.74, 6) is 1.81. The van der Waals surface area contributed by atoms with E-state index in [-0.39, 0.29) is 5.56 Å². The SMILES string of the molecule is Cc1cc(C)c(OC[C@H](O)C[NH+]2C[C@@H]3C[C@H](C2)c2cccc(=O)n2C3)c(C)c1. The molecule has 5 heteroatoms. The van der Waals surface area contributed by atoms with Crippen molar-refractivity contribution in [3.05, 3.63) is 63.1 Å². The summed E-state index contributed by atoms with van der Waals surface area (Å²) < 4.78 is 7.94. The number of fused-ring (bicyclic) bond motifs is 4. The van der Waals surface area contributed by atoms with Gasteiger partial charge in [0.15, 0.2) is 0 Å². The summed E-state index contributed by atoms with van der Waals surface area (Å²) in [6.45, 7) is 9.99. The molecule has 150 valence electrons. The molecule has 2 bridgehead atoms. The fourth-order valence-corrected chi connectivity index (χ4v) is 5.25. The lowest BCUT2D eigenvalue weighted by atomic mass is 9.83. The average Bonchev–Trinajstić information content (AvgIpc) is 2.61. The van der Waals surface area contributed by atoms with Gasteiger partial charge in [-0.1, -0.05) is 23.8 Å². The van der Waals surface area contributed by atoms with E-state index in [0.717, 1.165) is 48.6 Å². The first-order valence-corrected chi connectivity index (χ1v) is 10.3. The number of ether oxygens (including phenoxy) is 1. The zero-order valence-electron chi connectivity index (χ0n) is 17.1. The van der Waals surface area contributed by atoms with Crippen LogP contribution >= 0.6 is 0 Å². The summed E-state index contributed by atoms with van der Waals surface area (Å²) >= 11 is 0. The van der Waals surface area contributed by atoms with Gasteiger partial charge in [-0.05, 0) is 44.4 Å². The second-order valence-corrected chi connectivity index (χ2v) is 8.75. The number of aliphatic hydroxyl groups excluding tert-OH is 1. The summed E-state index contributed by atoms with van der Waals surface area (Å²) in [5, 5.41) is 10.6. The molecule has 0 radical (unpaired) electrons. The fourth-order valence-electron chi connectivity index (χ4n) is 5.25. The number of nitrogens with zero attached hydrogens (tertiary/aromatic N) is 1. The van der Waals surface area contributed by atoms with Crippen LogP contribution in [0.25, 0.3) is 0 Å². The largest absolute Gasteiger partial charge is 0.490 e. The third-order valence-corrected chi connectivity index (χ3v) is 6.22. The van der Waals surface area contributed by atoms with Crippen LogP contribution < -0.4 is 15.2 Å². The van der Waals surface area contributed by atoms with E-state index in [1.807, 2.05) is 10.6 Å². The summed E-state index contributed by atoms with van der Waals surface area (Å²) in [4.78, 5) is 13.6. The molecule has 4 rings (SSSR count). The smallest absolute Gasteiger partial charge is 0.250 e. The molecule has 2 aromatic rings. The lowest BCUT2D eigenvalue weighted by molar-refractivity contribution is -0.914. The second-order valence-electron chi connectivity index (χ2n) is 8.75. The van der Waals surface area contributed by atoms with Crippen LogP contribution in [0, 0.1) is 26.7 Å². The Labute approximate surface area is 166 Å². The van der Waals surface area contributed by atoms with Crippen molar-refractivity contribution in [2.45, 2.75) is 45.8 Å². The molecule has 0 aliphatic carbocycles. The predicted molar refractivity (Wildman–Crippen MR) is 109 cm³/mol. The number of nitrogens with one attached hydrogen (secondary N) is 1. The van der Waals surface area contributed by atoms with Crippen molar-refractivity contribution in [1.82, 2.24) is 4.57 Å². The van der Waals surface area contributed by atoms with E-state index >= 15 is 0 Å². The first-order valence-electron chi connectivity index (χ1n) is 10.3. The third kappa shape index (κ3) is 3.87. The summed E-state index contributed by atoms with van der Waals surface area (Å²) in [5.41, 5.74) is 4.75. The number of pyridine rings is 1. The van der Waals surface area contributed by atoms with Crippen LogP contribution in [0.2, 0.25) is 0 Å². The number of aliphatic hydroxyl groups is 1. The quantitative estimate of drug-likeness (QED) is 0.816. The maximum Gasteiger partial charge on any atom is 0.250 e. The highest BCUT2D eigenvalue weighted by Crippen LogP contribution is 2.30. The number of likely N-dealkylation sites (tertiary alicyclic amines) is 1. The van der Waals surface area contributed by atoms with E-state index in [9.17, 15) is 9.90 Å². The molecule has 0 spiro atoms. The molecule has 1 unspecified atom stereocenters. The van der Waals surface area contributed by atoms with Crippen molar-refractivity contribution in [3.63, 3.8) is 0 Å². The van der Waals surface area contributed by atoms with Crippen molar-refractivity contribution in [1.29, 1.82) is 0 Å². The number of rotatable bonds is 5. The Morgan fingerprint density at radius 3 is 2.71 bits per heavy atom. The zero-order valence-corrected chi connectivity index (χ0v) is 17.1. The van der Waals surface area contributed by atoms with Gasteiger partial charge in [-0.15, -0.1) is 0 Å². The molecule has 28 heavy (non-hydrogen) atoms. The van der Waals surface area contributed by atoms with Gasteiger partial charge >= 0.3 is 0 Å². The number of hydrogen-bond acceptors (Lipinski definition) is 3. The fraction of sp³-hybridized carbons (Fsp3) is 0.522. The van der Waals surface area contributed by atoms with Gasteiger partial charge < -0.3 is 19.3 Å². The van der Waals surface area contributed by atoms with Crippen LogP contribution in [-0.4, -0.2) is 42.0 Å². The molecular weight excluding hydrogens is 352 g/mol. The highest BCUT2D eigenvalue weighted by molar-refractivity contribution is 5.42. The molecule has 2 aliphatic heterocycles. The van der Waals surface area contributed by atoms with Crippen LogP contribution in [0.5, 0.6) is 5.75 Å². The molecule has 0 saturated carbocycles. The van der Waals surface area contributed by atoms with Crippen molar-refractivity contribution in [2.24, 2.45) is 5.92 Å². The first kappa shape index (κ1) is 19.2. The van der Waals surface area contributed by atoms with E-state index in [1.165, 1.54) is 10.5 Å². The van der Waals surface area contributed by atoms with Crippen molar-refractivity contribution in [2.75, 3.05) is 26.2 Å². The maximum atomic E-state index is 12.1. The third-order valence-electron chi connectivity index (χ3n) is 6.22. The highest BCUT2D eigenvalue weighted by Gasteiger charge is 2.37. The Hall–Kier alpha value is -2.11. The lowest BCUT2D eigenvalue weighted by Crippen LogP contribution is -3.15. The van der Waals surface area contributed by atoms with Crippen molar-refractivity contribution in [3.8, 4) is 5.75 Å². The van der Waals surface area contributed by atoms with E-state index in [1.54, 1.807) is 6.07 Å². The standard InChI is InChI=1S/C23H30N2O3/c1-15-7-16(2)23(17(3)8-15)28-14-20(26)13-24-10-18-9-19(12-24)21-5-4-6-22(27)25(21)11-18/h4-8,18-20,26H,9-14H2,1-3H3/p+1/t18-,19+,20+/m0/s1. The zero-order chi connectivity index (χ0) is 19.8. The minimum Gasteiger partial charge on any atom is -0.490 e. The molecule has 1 saturated heterocycles. The second kappa shape index (κ2) is 7.72. The molecule has 1 aromatic carbocycles. The summed E-state index contributed by atoms with van der Waals surface area (Å²) in [7, 11) is 0. The van der Waals surface area contributed by atoms with Gasteiger partial charge in [-0.3, -0.25) is 4.79 Å². The number of quaternary nitrogens is 1. The molecule has 0 amide bonds. The van der Waals surface area contributed by atoms with Gasteiger partial charge in [-0.2, -0.15) is 0 Å². The van der Waals surface area contributed by atoms with Crippen LogP contribution in [0.3, 0.4) is 0 Å². The predicted octanol–water partition coefficient (Wildman–Crippen LogP) is 1.22. The minimum atomic E-state index is -0.494. The van der Waals surface area contributed by atoms with Crippen LogP contribution in [0.4, 0.5) is 0 Å². The normalized spacial score (nSPS) is 24.5. The van der Waals surface area contributed by atoms with E-state index in [0.29, 0.717) is 25.0 Å². The Kier molecular flexibility index (Phi) is 5.30. The number of aryl methyl sites for hydroxylation is 3. The molecule has 1 fully saturated rings. The van der Waals surface area contributed by atoms with E-state index in [2.05, 4.69) is 39.0 Å². The summed E-state index contributed by atoms with van der Waals surface area (Å²) in [6, 6.07) is 9.85. The number of piperidine rings is 1. The number of hydrogen-bond donors (Lipinski definition) is 2. The van der Waals surface area contributed by atoms with Crippen molar-refractivity contribution >= 4 is 0 Å². The molecule has 5 nitrogen and oxygen atoms in total. The van der Waals surface area contributed by atoms with Crippen LogP contribution in [0.1, 0.15) is 34.7 Å². The molecule has 4 atom stereocenters. The topological polar surface area (TPSA) is 55.9 Å². The Bertz CT molecular complexity index is 897. The molecule has 1 aromatic heterocycles. The highest BCUT2D eigenvalue weighted by atomic mass is 16.5. The summed E-state index contributed by atoms with van der Waals surface area (Å²) in [6.07, 6.45) is 0.660. The van der Waals surface area contributed by atoms with Crippen LogP contribution in [0.15, 0.2) is 35.1 Å².